The molecule has 2 N–H and O–H groups in total. The second kappa shape index (κ2) is 8.00. The molecule has 0 aliphatic carbocycles. The molecule has 0 atom stereocenters. The molecule has 1 aromatic heterocycles. The Bertz CT molecular complexity index is 644. The van der Waals surface area contributed by atoms with Crippen LogP contribution in [0.25, 0.3) is 0 Å². The molecular weight excluding hydrogens is 339 g/mol. The summed E-state index contributed by atoms with van der Waals surface area (Å²) in [4.78, 5) is 34.6. The lowest BCUT2D eigenvalue weighted by molar-refractivity contribution is -0.138. The molecule has 1 heterocycles. The number of nitrogens with one attached hydrogen (secondary N) is 2. The number of hydrogen-bond donors (Lipinski definition) is 2. The van der Waals surface area contributed by atoms with Crippen LogP contribution in [0.1, 0.15) is 18.9 Å². The first kappa shape index (κ1) is 19.0. The van der Waals surface area contributed by atoms with Crippen molar-refractivity contribution in [2.45, 2.75) is 26.1 Å². The molecule has 0 spiro atoms. The minimum absolute atomic E-state index is 0.333. The van der Waals surface area contributed by atoms with E-state index in [1.54, 1.807) is 0 Å². The van der Waals surface area contributed by atoms with Gasteiger partial charge in [-0.1, -0.05) is 18.5 Å². The van der Waals surface area contributed by atoms with E-state index in [9.17, 15) is 27.6 Å². The van der Waals surface area contributed by atoms with E-state index in [0.717, 1.165) is 6.42 Å². The Kier molecular flexibility index (Phi) is 6.62. The zero-order valence-electron chi connectivity index (χ0n) is 12.2. The summed E-state index contributed by atoms with van der Waals surface area (Å²) in [7, 11) is 0. The average molecular weight is 354 g/mol. The van der Waals surface area contributed by atoms with Gasteiger partial charge in [0.2, 0.25) is 11.8 Å². The van der Waals surface area contributed by atoms with Crippen LogP contribution < -0.4 is 16.2 Å². The molecule has 0 aliphatic rings. The van der Waals surface area contributed by atoms with Crippen molar-refractivity contribution in [1.82, 2.24) is 15.2 Å². The highest BCUT2D eigenvalue weighted by atomic mass is 35.5. The van der Waals surface area contributed by atoms with Crippen molar-refractivity contribution in [2.75, 3.05) is 13.1 Å². The molecule has 1 rings (SSSR count). The van der Waals surface area contributed by atoms with Gasteiger partial charge in [-0.25, -0.2) is 0 Å². The normalized spacial score (nSPS) is 11.2. The van der Waals surface area contributed by atoms with Gasteiger partial charge in [0.15, 0.2) is 0 Å². The lowest BCUT2D eigenvalue weighted by Crippen LogP contribution is -2.39. The minimum Gasteiger partial charge on any atom is -0.355 e. The van der Waals surface area contributed by atoms with Gasteiger partial charge in [0, 0.05) is 12.7 Å². The van der Waals surface area contributed by atoms with Gasteiger partial charge in [-0.2, -0.15) is 13.2 Å². The van der Waals surface area contributed by atoms with Crippen molar-refractivity contribution in [3.63, 3.8) is 0 Å². The lowest BCUT2D eigenvalue weighted by atomic mass is 10.2. The maximum absolute atomic E-state index is 12.7. The molecule has 0 unspecified atom stereocenters. The molecule has 10 heteroatoms. The first-order valence-electron chi connectivity index (χ1n) is 6.65. The van der Waals surface area contributed by atoms with E-state index >= 15 is 0 Å². The Hall–Kier alpha value is -2.03. The second-order valence-electron chi connectivity index (χ2n) is 4.63. The van der Waals surface area contributed by atoms with E-state index < -0.39 is 40.7 Å². The number of hydrogen-bond acceptors (Lipinski definition) is 3. The SMILES string of the molecule is CCCNC(=O)CNC(=O)Cn1cc(C(F)(F)F)cc(Cl)c1=O. The Balaban J connectivity index is 2.77. The molecule has 23 heavy (non-hydrogen) atoms. The summed E-state index contributed by atoms with van der Waals surface area (Å²) in [5.41, 5.74) is -2.07. The van der Waals surface area contributed by atoms with Crippen molar-refractivity contribution >= 4 is 23.4 Å². The van der Waals surface area contributed by atoms with Gasteiger partial charge in [-0.3, -0.25) is 14.4 Å². The summed E-state index contributed by atoms with van der Waals surface area (Å²) >= 11 is 5.46. The first-order chi connectivity index (χ1) is 10.6. The fourth-order valence-corrected chi connectivity index (χ4v) is 1.81. The monoisotopic (exact) mass is 353 g/mol. The summed E-state index contributed by atoms with van der Waals surface area (Å²) in [5, 5.41) is 4.07. The highest BCUT2D eigenvalue weighted by Crippen LogP contribution is 2.29. The number of nitrogens with zero attached hydrogens (tertiary/aromatic N) is 1. The molecule has 0 aliphatic heterocycles. The van der Waals surface area contributed by atoms with Gasteiger partial charge < -0.3 is 15.2 Å². The molecule has 0 saturated carbocycles. The smallest absolute Gasteiger partial charge is 0.355 e. The Morgan fingerprint density at radius 1 is 1.26 bits per heavy atom. The molecule has 128 valence electrons. The molecule has 0 saturated heterocycles. The number of aromatic nitrogens is 1. The summed E-state index contributed by atoms with van der Waals surface area (Å²) in [5.74, 6) is -1.22. The summed E-state index contributed by atoms with van der Waals surface area (Å²) in [6, 6.07) is 0.497. The van der Waals surface area contributed by atoms with Crippen LogP contribution in [0.3, 0.4) is 0 Å². The fourth-order valence-electron chi connectivity index (χ4n) is 1.59. The van der Waals surface area contributed by atoms with Gasteiger partial charge in [-0.15, -0.1) is 0 Å². The Morgan fingerprint density at radius 2 is 1.91 bits per heavy atom. The van der Waals surface area contributed by atoms with E-state index in [1.165, 1.54) is 0 Å². The third kappa shape index (κ3) is 5.93. The molecule has 0 aromatic carbocycles. The zero-order chi connectivity index (χ0) is 17.6. The van der Waals surface area contributed by atoms with Crippen LogP contribution in [-0.4, -0.2) is 29.5 Å². The van der Waals surface area contributed by atoms with E-state index in [4.69, 9.17) is 11.6 Å². The third-order valence-electron chi connectivity index (χ3n) is 2.70. The van der Waals surface area contributed by atoms with Crippen molar-refractivity contribution < 1.29 is 22.8 Å². The van der Waals surface area contributed by atoms with Crippen LogP contribution in [0.2, 0.25) is 5.02 Å². The van der Waals surface area contributed by atoms with Gasteiger partial charge in [0.1, 0.15) is 11.6 Å². The first-order valence-corrected chi connectivity index (χ1v) is 7.03. The molecule has 0 radical (unpaired) electrons. The lowest BCUT2D eigenvalue weighted by Gasteiger charge is -2.12. The van der Waals surface area contributed by atoms with Gasteiger partial charge in [0.25, 0.3) is 5.56 Å². The molecule has 6 nitrogen and oxygen atoms in total. The van der Waals surface area contributed by atoms with Crippen molar-refractivity contribution in [3.05, 3.63) is 33.2 Å². The largest absolute Gasteiger partial charge is 0.417 e. The highest BCUT2D eigenvalue weighted by molar-refractivity contribution is 6.30. The van der Waals surface area contributed by atoms with Crippen molar-refractivity contribution in [1.29, 1.82) is 0 Å². The van der Waals surface area contributed by atoms with Crippen molar-refractivity contribution in [2.24, 2.45) is 0 Å². The fraction of sp³-hybridized carbons (Fsp3) is 0.462. The number of rotatable bonds is 6. The highest BCUT2D eigenvalue weighted by Gasteiger charge is 2.32. The van der Waals surface area contributed by atoms with Crippen LogP contribution in [0.4, 0.5) is 13.2 Å². The molecule has 2 amide bonds. The maximum Gasteiger partial charge on any atom is 0.417 e. The van der Waals surface area contributed by atoms with Gasteiger partial charge in [-0.05, 0) is 12.5 Å². The van der Waals surface area contributed by atoms with Crippen LogP contribution in [0.5, 0.6) is 0 Å². The van der Waals surface area contributed by atoms with E-state index in [1.807, 2.05) is 6.92 Å². The number of pyridine rings is 1. The number of carbonyl (C=O) groups excluding carboxylic acids is 2. The molecular formula is C13H15ClF3N3O3. The summed E-state index contributed by atoms with van der Waals surface area (Å²) in [6.07, 6.45) is -3.47. The number of amides is 2. The van der Waals surface area contributed by atoms with Crippen LogP contribution in [0.15, 0.2) is 17.1 Å². The van der Waals surface area contributed by atoms with E-state index in [0.29, 0.717) is 23.4 Å². The summed E-state index contributed by atoms with van der Waals surface area (Å²) in [6.45, 7) is 1.28. The van der Waals surface area contributed by atoms with Crippen LogP contribution in [-0.2, 0) is 22.3 Å². The average Bonchev–Trinajstić information content (AvgIpc) is 2.46. The summed E-state index contributed by atoms with van der Waals surface area (Å²) < 4.78 is 38.5. The van der Waals surface area contributed by atoms with Crippen LogP contribution in [0, 0.1) is 0 Å². The van der Waals surface area contributed by atoms with Gasteiger partial charge >= 0.3 is 6.18 Å². The minimum atomic E-state index is -4.70. The van der Waals surface area contributed by atoms with E-state index in [2.05, 4.69) is 10.6 Å². The maximum atomic E-state index is 12.7. The zero-order valence-corrected chi connectivity index (χ0v) is 12.9. The predicted molar refractivity (Wildman–Crippen MR) is 77.0 cm³/mol. The quantitative estimate of drug-likeness (QED) is 0.805. The number of carbonyl (C=O) groups is 2. The van der Waals surface area contributed by atoms with Crippen molar-refractivity contribution in [3.8, 4) is 0 Å². The van der Waals surface area contributed by atoms with Crippen LogP contribution >= 0.6 is 11.6 Å². The second-order valence-corrected chi connectivity index (χ2v) is 5.04. The molecule has 0 bridgehead atoms. The number of alkyl halides is 3. The standard InChI is InChI=1S/C13H15ClF3N3O3/c1-2-3-18-10(21)5-19-11(22)7-20-6-8(13(15,16)17)4-9(14)12(20)23/h4,6H,2-3,5,7H2,1H3,(H,18,21)(H,19,22). The molecule has 1 aromatic rings. The van der Waals surface area contributed by atoms with E-state index in [-0.39, 0.29) is 6.54 Å². The Morgan fingerprint density at radius 3 is 2.48 bits per heavy atom. The predicted octanol–water partition coefficient (Wildman–Crippen LogP) is 1.16. The van der Waals surface area contributed by atoms with Gasteiger partial charge in [0.05, 0.1) is 12.1 Å². The number of halogens is 4. The topological polar surface area (TPSA) is 80.2 Å². The third-order valence-corrected chi connectivity index (χ3v) is 2.97. The Labute approximate surface area is 134 Å². The molecule has 0 fully saturated rings.